The van der Waals surface area contributed by atoms with Crippen LogP contribution in [0.15, 0.2) is 42.5 Å². The molecule has 0 bridgehead atoms. The zero-order valence-corrected chi connectivity index (χ0v) is 15.5. The van der Waals surface area contributed by atoms with Gasteiger partial charge in [-0.2, -0.15) is 0 Å². The topological polar surface area (TPSA) is 64.6 Å². The van der Waals surface area contributed by atoms with Gasteiger partial charge in [-0.25, -0.2) is 0 Å². The first-order valence-electron chi connectivity index (χ1n) is 8.82. The minimum atomic E-state index is -0.236. The molecule has 26 heavy (non-hydrogen) atoms. The number of hydrogen-bond donors (Lipinski definition) is 1. The van der Waals surface area contributed by atoms with Crippen LogP contribution in [-0.4, -0.2) is 24.9 Å². The number of amides is 1. The highest BCUT2D eigenvalue weighted by molar-refractivity contribution is 6.00. The van der Waals surface area contributed by atoms with Gasteiger partial charge in [-0.1, -0.05) is 29.8 Å². The Kier molecular flexibility index (Phi) is 7.21. The van der Waals surface area contributed by atoms with Crippen LogP contribution in [-0.2, 0) is 4.79 Å². The Morgan fingerprint density at radius 2 is 1.62 bits per heavy atom. The summed E-state index contributed by atoms with van der Waals surface area (Å²) in [5, 5.41) is 2.81. The number of nitrogens with one attached hydrogen (secondary N) is 1. The number of ketones is 1. The Labute approximate surface area is 154 Å². The summed E-state index contributed by atoms with van der Waals surface area (Å²) in [5.41, 5.74) is 2.26. The lowest BCUT2D eigenvalue weighted by molar-refractivity contribution is -0.116. The summed E-state index contributed by atoms with van der Waals surface area (Å²) < 4.78 is 11.0. The first-order valence-corrected chi connectivity index (χ1v) is 8.82. The van der Waals surface area contributed by atoms with Gasteiger partial charge in [-0.15, -0.1) is 0 Å². The van der Waals surface area contributed by atoms with E-state index in [0.717, 1.165) is 5.56 Å². The maximum absolute atomic E-state index is 12.3. The van der Waals surface area contributed by atoms with Crippen molar-refractivity contribution < 1.29 is 19.1 Å². The van der Waals surface area contributed by atoms with Gasteiger partial charge in [0.25, 0.3) is 0 Å². The number of carbonyl (C=O) groups is 2. The fourth-order valence-electron chi connectivity index (χ4n) is 2.47. The smallest absolute Gasteiger partial charge is 0.224 e. The van der Waals surface area contributed by atoms with Crippen LogP contribution in [0.4, 0.5) is 5.69 Å². The van der Waals surface area contributed by atoms with Crippen molar-refractivity contribution in [2.24, 2.45) is 0 Å². The molecule has 1 amide bonds. The van der Waals surface area contributed by atoms with Crippen LogP contribution < -0.4 is 14.8 Å². The van der Waals surface area contributed by atoms with E-state index in [0.29, 0.717) is 36.0 Å². The van der Waals surface area contributed by atoms with Gasteiger partial charge in [0.15, 0.2) is 5.78 Å². The Morgan fingerprint density at radius 3 is 2.27 bits per heavy atom. The van der Waals surface area contributed by atoms with Gasteiger partial charge < -0.3 is 14.8 Å². The normalized spacial score (nSPS) is 10.3. The SMILES string of the molecule is CCOc1ccc(OCC)c(NC(=O)CCC(=O)c2ccc(C)cc2)c1. The molecule has 138 valence electrons. The van der Waals surface area contributed by atoms with Gasteiger partial charge in [0.05, 0.1) is 18.9 Å². The van der Waals surface area contributed by atoms with E-state index >= 15 is 0 Å². The van der Waals surface area contributed by atoms with Crippen LogP contribution >= 0.6 is 0 Å². The van der Waals surface area contributed by atoms with Crippen molar-refractivity contribution in [3.8, 4) is 11.5 Å². The molecule has 0 aliphatic carbocycles. The Balaban J connectivity index is 1.98. The summed E-state index contributed by atoms with van der Waals surface area (Å²) in [6, 6.07) is 12.6. The summed E-state index contributed by atoms with van der Waals surface area (Å²) in [7, 11) is 0. The van der Waals surface area contributed by atoms with Crippen LogP contribution in [0.2, 0.25) is 0 Å². The van der Waals surface area contributed by atoms with E-state index in [1.807, 2.05) is 32.9 Å². The number of Topliss-reactive ketones (excluding diaryl/α,β-unsaturated/α-hetero) is 1. The van der Waals surface area contributed by atoms with E-state index in [9.17, 15) is 9.59 Å². The maximum Gasteiger partial charge on any atom is 0.224 e. The van der Waals surface area contributed by atoms with Crippen molar-refractivity contribution in [3.05, 3.63) is 53.6 Å². The van der Waals surface area contributed by atoms with E-state index in [1.54, 1.807) is 30.3 Å². The summed E-state index contributed by atoms with van der Waals surface area (Å²) in [6.07, 6.45) is 0.265. The first kappa shape index (κ1) is 19.5. The fraction of sp³-hybridized carbons (Fsp3) is 0.333. The number of anilines is 1. The molecule has 0 unspecified atom stereocenters. The van der Waals surface area contributed by atoms with Gasteiger partial charge in [-0.05, 0) is 32.9 Å². The lowest BCUT2D eigenvalue weighted by Gasteiger charge is -2.13. The van der Waals surface area contributed by atoms with Crippen molar-refractivity contribution in [3.63, 3.8) is 0 Å². The number of hydrogen-bond acceptors (Lipinski definition) is 4. The van der Waals surface area contributed by atoms with Crippen LogP contribution in [0, 0.1) is 6.92 Å². The quantitative estimate of drug-likeness (QED) is 0.677. The second-order valence-corrected chi connectivity index (χ2v) is 5.86. The third-order valence-corrected chi connectivity index (χ3v) is 3.79. The van der Waals surface area contributed by atoms with Crippen LogP contribution in [0.25, 0.3) is 0 Å². The van der Waals surface area contributed by atoms with Gasteiger partial charge >= 0.3 is 0 Å². The lowest BCUT2D eigenvalue weighted by Crippen LogP contribution is -2.14. The number of ether oxygens (including phenoxy) is 2. The Morgan fingerprint density at radius 1 is 0.923 bits per heavy atom. The van der Waals surface area contributed by atoms with Gasteiger partial charge in [0, 0.05) is 24.5 Å². The molecule has 2 aromatic rings. The summed E-state index contributed by atoms with van der Waals surface area (Å²) in [5.74, 6) is 0.949. The summed E-state index contributed by atoms with van der Waals surface area (Å²) >= 11 is 0. The van der Waals surface area contributed by atoms with E-state index in [1.165, 1.54) is 0 Å². The van der Waals surface area contributed by atoms with Gasteiger partial charge in [0.2, 0.25) is 5.91 Å². The zero-order valence-electron chi connectivity index (χ0n) is 15.5. The highest BCUT2D eigenvalue weighted by Crippen LogP contribution is 2.29. The number of carbonyl (C=O) groups excluding carboxylic acids is 2. The number of aryl methyl sites for hydroxylation is 1. The number of benzene rings is 2. The largest absolute Gasteiger partial charge is 0.494 e. The molecule has 0 aliphatic rings. The van der Waals surface area contributed by atoms with Crippen LogP contribution in [0.5, 0.6) is 11.5 Å². The molecule has 0 fully saturated rings. The predicted octanol–water partition coefficient (Wildman–Crippen LogP) is 4.39. The summed E-state index contributed by atoms with van der Waals surface area (Å²) in [6.45, 7) is 6.76. The van der Waals surface area contributed by atoms with Crippen molar-refractivity contribution in [2.45, 2.75) is 33.6 Å². The first-order chi connectivity index (χ1) is 12.5. The highest BCUT2D eigenvalue weighted by Gasteiger charge is 2.12. The molecule has 0 radical (unpaired) electrons. The molecular weight excluding hydrogens is 330 g/mol. The summed E-state index contributed by atoms with van der Waals surface area (Å²) in [4.78, 5) is 24.5. The van der Waals surface area contributed by atoms with Crippen molar-refractivity contribution in [2.75, 3.05) is 18.5 Å². The minimum Gasteiger partial charge on any atom is -0.494 e. The van der Waals surface area contributed by atoms with Crippen molar-refractivity contribution in [1.29, 1.82) is 0 Å². The molecular formula is C21H25NO4. The molecule has 1 N–H and O–H groups in total. The van der Waals surface area contributed by atoms with E-state index < -0.39 is 0 Å². The van der Waals surface area contributed by atoms with E-state index in [2.05, 4.69) is 5.32 Å². The number of rotatable bonds is 9. The lowest BCUT2D eigenvalue weighted by atomic mass is 10.0. The standard InChI is InChI=1S/C21H25NO4/c1-4-25-17-10-12-20(26-5-2)18(14-17)22-21(24)13-11-19(23)16-8-6-15(3)7-9-16/h6-10,12,14H,4-5,11,13H2,1-3H3,(H,22,24). The maximum atomic E-state index is 12.3. The molecule has 0 spiro atoms. The van der Waals surface area contributed by atoms with Crippen molar-refractivity contribution in [1.82, 2.24) is 0 Å². The van der Waals surface area contributed by atoms with Gasteiger partial charge in [-0.3, -0.25) is 9.59 Å². The second kappa shape index (κ2) is 9.61. The van der Waals surface area contributed by atoms with E-state index in [-0.39, 0.29) is 24.5 Å². The predicted molar refractivity (Wildman–Crippen MR) is 102 cm³/mol. The molecule has 0 aliphatic heterocycles. The molecule has 0 saturated heterocycles. The highest BCUT2D eigenvalue weighted by atomic mass is 16.5. The molecule has 5 heteroatoms. The van der Waals surface area contributed by atoms with Gasteiger partial charge in [0.1, 0.15) is 11.5 Å². The third kappa shape index (κ3) is 5.62. The fourth-order valence-corrected chi connectivity index (χ4v) is 2.47. The Hall–Kier alpha value is -2.82. The molecule has 0 saturated carbocycles. The molecule has 2 aromatic carbocycles. The third-order valence-electron chi connectivity index (χ3n) is 3.79. The second-order valence-electron chi connectivity index (χ2n) is 5.86. The molecule has 2 rings (SSSR count). The molecule has 0 heterocycles. The molecule has 0 atom stereocenters. The molecule has 0 aromatic heterocycles. The van der Waals surface area contributed by atoms with Crippen LogP contribution in [0.3, 0.4) is 0 Å². The zero-order chi connectivity index (χ0) is 18.9. The van der Waals surface area contributed by atoms with Crippen LogP contribution in [0.1, 0.15) is 42.6 Å². The molecule has 5 nitrogen and oxygen atoms in total. The average molecular weight is 355 g/mol. The van der Waals surface area contributed by atoms with E-state index in [4.69, 9.17) is 9.47 Å². The minimum absolute atomic E-state index is 0.0479. The van der Waals surface area contributed by atoms with Crippen molar-refractivity contribution >= 4 is 17.4 Å². The average Bonchev–Trinajstić information content (AvgIpc) is 2.63. The monoisotopic (exact) mass is 355 g/mol. The Bertz CT molecular complexity index is 753.